The van der Waals surface area contributed by atoms with Crippen molar-refractivity contribution in [3.8, 4) is 0 Å². The number of hydrogen-bond acceptors (Lipinski definition) is 9. The monoisotopic (exact) mass is 494 g/mol. The van der Waals surface area contributed by atoms with Crippen LogP contribution in [0.1, 0.15) is 49.6 Å². The SMILES string of the molecule is COCC(=O)Nc1nc2c(s1)C[C@@H]1[C@](C)(CO)[C@H](O)CC[C@@]1(C)[C@@H]2CC(=O)Nc1nccs1. The summed E-state index contributed by atoms with van der Waals surface area (Å²) < 4.78 is 4.90. The molecule has 0 aromatic carbocycles. The Morgan fingerprint density at radius 3 is 2.70 bits per heavy atom. The van der Waals surface area contributed by atoms with Gasteiger partial charge in [-0.3, -0.25) is 14.9 Å². The number of aliphatic hydroxyl groups is 2. The van der Waals surface area contributed by atoms with Crippen LogP contribution >= 0.6 is 22.7 Å². The van der Waals surface area contributed by atoms with Crippen LogP contribution in [0, 0.1) is 16.7 Å². The van der Waals surface area contributed by atoms with Crippen LogP contribution in [-0.4, -0.2) is 58.4 Å². The van der Waals surface area contributed by atoms with E-state index in [1.807, 2.05) is 6.92 Å². The Morgan fingerprint density at radius 2 is 2.03 bits per heavy atom. The van der Waals surface area contributed by atoms with Crippen molar-refractivity contribution in [3.63, 3.8) is 0 Å². The van der Waals surface area contributed by atoms with E-state index in [1.54, 1.807) is 11.6 Å². The van der Waals surface area contributed by atoms with Crippen molar-refractivity contribution in [2.24, 2.45) is 16.7 Å². The lowest BCUT2D eigenvalue weighted by Gasteiger charge is -2.58. The van der Waals surface area contributed by atoms with Crippen LogP contribution in [0.25, 0.3) is 0 Å². The summed E-state index contributed by atoms with van der Waals surface area (Å²) in [5.41, 5.74) is -0.235. The maximum Gasteiger partial charge on any atom is 0.252 e. The van der Waals surface area contributed by atoms with E-state index >= 15 is 0 Å². The molecule has 0 radical (unpaired) electrons. The van der Waals surface area contributed by atoms with Gasteiger partial charge in [0.05, 0.1) is 18.4 Å². The van der Waals surface area contributed by atoms with E-state index in [4.69, 9.17) is 9.72 Å². The molecule has 0 aliphatic heterocycles. The van der Waals surface area contributed by atoms with Crippen LogP contribution in [0.15, 0.2) is 11.6 Å². The van der Waals surface area contributed by atoms with Crippen LogP contribution in [0.2, 0.25) is 0 Å². The number of fused-ring (bicyclic) bond motifs is 2. The zero-order valence-corrected chi connectivity index (χ0v) is 20.6. The van der Waals surface area contributed by atoms with Gasteiger partial charge in [-0.05, 0) is 30.6 Å². The van der Waals surface area contributed by atoms with E-state index in [0.29, 0.717) is 29.5 Å². The minimum Gasteiger partial charge on any atom is -0.396 e. The highest BCUT2D eigenvalue weighted by atomic mass is 32.1. The molecule has 2 aromatic rings. The lowest BCUT2D eigenvalue weighted by atomic mass is 9.47. The lowest BCUT2D eigenvalue weighted by Crippen LogP contribution is -2.57. The molecule has 180 valence electrons. The van der Waals surface area contributed by atoms with Crippen LogP contribution in [-0.2, 0) is 20.7 Å². The normalized spacial score (nSPS) is 30.9. The number of hydrogen-bond donors (Lipinski definition) is 4. The first-order chi connectivity index (χ1) is 15.7. The summed E-state index contributed by atoms with van der Waals surface area (Å²) in [5.74, 6) is -0.723. The molecule has 0 spiro atoms. The molecular weight excluding hydrogens is 464 g/mol. The van der Waals surface area contributed by atoms with Crippen molar-refractivity contribution < 1.29 is 24.5 Å². The topological polar surface area (TPSA) is 134 Å². The molecule has 0 unspecified atom stereocenters. The summed E-state index contributed by atoms with van der Waals surface area (Å²) in [5, 5.41) is 29.6. The molecular formula is C22H30N4O5S2. The van der Waals surface area contributed by atoms with Gasteiger partial charge < -0.3 is 20.3 Å². The van der Waals surface area contributed by atoms with E-state index in [1.165, 1.54) is 29.8 Å². The first-order valence-corrected chi connectivity index (χ1v) is 12.7. The standard InChI is InChI=1S/C22H30N4O5S2/c1-21-5-4-15(28)22(2,11-27)14(21)9-13-18(26-20(33-13)25-17(30)10-31-3)12(21)8-16(29)24-19-23-6-7-32-19/h6-7,12,14-15,27-28H,4-5,8-11H2,1-3H3,(H,23,24,29)(H,25,26,30)/t12-,14+,15-,21+,22+/m1/s1. The fraction of sp³-hybridized carbons (Fsp3) is 0.636. The Morgan fingerprint density at radius 1 is 1.27 bits per heavy atom. The highest BCUT2D eigenvalue weighted by Gasteiger charge is 2.59. The summed E-state index contributed by atoms with van der Waals surface area (Å²) in [4.78, 5) is 34.9. The molecule has 5 atom stereocenters. The van der Waals surface area contributed by atoms with E-state index < -0.39 is 11.5 Å². The summed E-state index contributed by atoms with van der Waals surface area (Å²) in [6.45, 7) is 3.86. The third kappa shape index (κ3) is 4.44. The second-order valence-corrected chi connectivity index (χ2v) is 11.4. The lowest BCUT2D eigenvalue weighted by molar-refractivity contribution is -0.143. The number of carbonyl (C=O) groups is 2. The Labute approximate surface area is 200 Å². The highest BCUT2D eigenvalue weighted by molar-refractivity contribution is 7.16. The fourth-order valence-corrected chi connectivity index (χ4v) is 7.26. The zero-order valence-electron chi connectivity index (χ0n) is 19.0. The number of anilines is 2. The molecule has 9 nitrogen and oxygen atoms in total. The second kappa shape index (κ2) is 9.38. The molecule has 2 aromatic heterocycles. The molecule has 2 aliphatic rings. The van der Waals surface area contributed by atoms with Gasteiger partial charge in [-0.15, -0.1) is 22.7 Å². The molecule has 2 amide bonds. The van der Waals surface area contributed by atoms with Gasteiger partial charge in [-0.2, -0.15) is 0 Å². The van der Waals surface area contributed by atoms with Crippen molar-refractivity contribution >= 4 is 44.8 Å². The number of amides is 2. The number of methoxy groups -OCH3 is 1. The average Bonchev–Trinajstić information content (AvgIpc) is 3.42. The molecule has 11 heteroatoms. The van der Waals surface area contributed by atoms with Crippen molar-refractivity contribution in [3.05, 3.63) is 22.1 Å². The van der Waals surface area contributed by atoms with Gasteiger partial charge in [-0.25, -0.2) is 9.97 Å². The number of aromatic nitrogens is 2. The van der Waals surface area contributed by atoms with Crippen molar-refractivity contribution in [2.75, 3.05) is 31.0 Å². The third-order valence-electron chi connectivity index (χ3n) is 7.48. The second-order valence-electron chi connectivity index (χ2n) is 9.43. The van der Waals surface area contributed by atoms with Crippen LogP contribution < -0.4 is 10.6 Å². The molecule has 4 N–H and O–H groups in total. The number of nitrogens with zero attached hydrogens (tertiary/aromatic N) is 2. The van der Waals surface area contributed by atoms with Gasteiger partial charge in [0.25, 0.3) is 5.91 Å². The smallest absolute Gasteiger partial charge is 0.252 e. The predicted octanol–water partition coefficient (Wildman–Crippen LogP) is 2.63. The zero-order chi connectivity index (χ0) is 23.8. The maximum atomic E-state index is 13.0. The Bertz CT molecular complexity index is 1010. The van der Waals surface area contributed by atoms with Gasteiger partial charge in [-0.1, -0.05) is 13.8 Å². The fourth-order valence-electron chi connectivity index (χ4n) is 5.63. The number of thiazole rings is 2. The van der Waals surface area contributed by atoms with Gasteiger partial charge in [0.2, 0.25) is 5.91 Å². The summed E-state index contributed by atoms with van der Waals surface area (Å²) in [6, 6.07) is 0. The van der Waals surface area contributed by atoms with Gasteiger partial charge in [0, 0.05) is 41.3 Å². The third-order valence-corrected chi connectivity index (χ3v) is 9.18. The predicted molar refractivity (Wildman–Crippen MR) is 126 cm³/mol. The molecule has 4 rings (SSSR count). The molecule has 1 fully saturated rings. The summed E-state index contributed by atoms with van der Waals surface area (Å²) >= 11 is 2.75. The molecule has 0 saturated heterocycles. The van der Waals surface area contributed by atoms with E-state index in [-0.39, 0.29) is 48.7 Å². The Kier molecular flexibility index (Phi) is 6.88. The first-order valence-electron chi connectivity index (χ1n) is 11.0. The molecule has 2 heterocycles. The number of nitrogens with one attached hydrogen (secondary N) is 2. The molecule has 0 bridgehead atoms. The number of ether oxygens (including phenoxy) is 1. The Hall–Kier alpha value is -1.92. The van der Waals surface area contributed by atoms with Crippen molar-refractivity contribution in [1.82, 2.24) is 9.97 Å². The largest absolute Gasteiger partial charge is 0.396 e. The van der Waals surface area contributed by atoms with Crippen LogP contribution in [0.4, 0.5) is 10.3 Å². The average molecular weight is 495 g/mol. The van der Waals surface area contributed by atoms with Gasteiger partial charge in [0.15, 0.2) is 10.3 Å². The summed E-state index contributed by atoms with van der Waals surface area (Å²) in [7, 11) is 1.45. The maximum absolute atomic E-state index is 13.0. The minimum atomic E-state index is -0.696. The van der Waals surface area contributed by atoms with Gasteiger partial charge in [0.1, 0.15) is 6.61 Å². The summed E-state index contributed by atoms with van der Waals surface area (Å²) in [6.07, 6.45) is 3.11. The van der Waals surface area contributed by atoms with Crippen LogP contribution in [0.5, 0.6) is 0 Å². The minimum absolute atomic E-state index is 0.0492. The number of carbonyl (C=O) groups excluding carboxylic acids is 2. The van der Waals surface area contributed by atoms with E-state index in [9.17, 15) is 19.8 Å². The molecule has 1 saturated carbocycles. The number of aliphatic hydroxyl groups excluding tert-OH is 2. The van der Waals surface area contributed by atoms with Crippen LogP contribution in [0.3, 0.4) is 0 Å². The Balaban J connectivity index is 1.70. The molecule has 33 heavy (non-hydrogen) atoms. The molecule has 2 aliphatic carbocycles. The van der Waals surface area contributed by atoms with Gasteiger partial charge >= 0.3 is 0 Å². The number of rotatable bonds is 7. The quantitative estimate of drug-likeness (QED) is 0.465. The highest BCUT2D eigenvalue weighted by Crippen LogP contribution is 2.62. The van der Waals surface area contributed by atoms with Crippen molar-refractivity contribution in [2.45, 2.75) is 51.6 Å². The van der Waals surface area contributed by atoms with E-state index in [0.717, 1.165) is 10.6 Å². The van der Waals surface area contributed by atoms with E-state index in [2.05, 4.69) is 22.5 Å². The first kappa shape index (κ1) is 24.2. The van der Waals surface area contributed by atoms with Crippen molar-refractivity contribution in [1.29, 1.82) is 0 Å².